The van der Waals surface area contributed by atoms with E-state index in [0.29, 0.717) is 11.3 Å². The molecule has 0 aliphatic rings. The molecule has 0 atom stereocenters. The molecular weight excluding hydrogens is 223 g/mol. The first-order chi connectivity index (χ1) is 7.47. The van der Waals surface area contributed by atoms with E-state index in [2.05, 4.69) is 5.16 Å². The number of hydrogen-bond acceptors (Lipinski definition) is 3. The molecule has 0 saturated heterocycles. The number of ether oxygens (including phenoxy) is 1. The molecule has 0 fully saturated rings. The molecule has 0 aromatic heterocycles. The minimum Gasteiger partial charge on any atom is -0.497 e. The summed E-state index contributed by atoms with van der Waals surface area (Å²) in [5.41, 5.74) is -0.870. The van der Waals surface area contributed by atoms with Crippen LogP contribution in [-0.4, -0.2) is 24.2 Å². The van der Waals surface area contributed by atoms with Crippen molar-refractivity contribution in [2.45, 2.75) is 12.6 Å². The molecule has 0 radical (unpaired) electrons. The second-order valence-electron chi connectivity index (χ2n) is 3.07. The lowest BCUT2D eigenvalue weighted by Gasteiger charge is -2.09. The van der Waals surface area contributed by atoms with Crippen molar-refractivity contribution < 1.29 is 23.1 Å². The molecule has 16 heavy (non-hydrogen) atoms. The number of alkyl halides is 3. The molecule has 0 spiro atoms. The molecule has 1 rings (SSSR count). The number of halogens is 3. The Kier molecular flexibility index (Phi) is 3.76. The zero-order valence-electron chi connectivity index (χ0n) is 8.45. The third-order valence-corrected chi connectivity index (χ3v) is 1.95. The molecule has 0 aliphatic carbocycles. The van der Waals surface area contributed by atoms with Crippen LogP contribution in [0.3, 0.4) is 0 Å². The first-order valence-corrected chi connectivity index (χ1v) is 4.38. The van der Waals surface area contributed by atoms with Gasteiger partial charge in [0.2, 0.25) is 0 Å². The largest absolute Gasteiger partial charge is 0.497 e. The average Bonchev–Trinajstić information content (AvgIpc) is 2.24. The zero-order valence-corrected chi connectivity index (χ0v) is 8.45. The minimum atomic E-state index is -4.63. The lowest BCUT2D eigenvalue weighted by Crippen LogP contribution is -2.25. The Hall–Kier alpha value is -1.72. The summed E-state index contributed by atoms with van der Waals surface area (Å²) in [4.78, 5) is 0. The normalized spacial score (nSPS) is 12.6. The third kappa shape index (κ3) is 3.15. The number of benzene rings is 1. The average molecular weight is 233 g/mol. The van der Waals surface area contributed by atoms with Crippen molar-refractivity contribution in [3.63, 3.8) is 0 Å². The van der Waals surface area contributed by atoms with E-state index in [1.54, 1.807) is 12.1 Å². The maximum absolute atomic E-state index is 12.3. The SMILES string of the molecule is COc1cccc(CC(=NO)C(F)(F)F)c1. The lowest BCUT2D eigenvalue weighted by molar-refractivity contribution is -0.0622. The molecule has 0 heterocycles. The van der Waals surface area contributed by atoms with Crippen molar-refractivity contribution in [2.75, 3.05) is 7.11 Å². The Morgan fingerprint density at radius 3 is 2.62 bits per heavy atom. The van der Waals surface area contributed by atoms with Gasteiger partial charge in [-0.15, -0.1) is 0 Å². The van der Waals surface area contributed by atoms with Crippen LogP contribution in [0.1, 0.15) is 5.56 Å². The Bertz CT molecular complexity index is 388. The predicted octanol–water partition coefficient (Wildman–Crippen LogP) is 2.63. The molecule has 0 bridgehead atoms. The van der Waals surface area contributed by atoms with Gasteiger partial charge in [-0.25, -0.2) is 0 Å². The van der Waals surface area contributed by atoms with Crippen LogP contribution >= 0.6 is 0 Å². The van der Waals surface area contributed by atoms with Crippen molar-refractivity contribution >= 4 is 5.71 Å². The number of oxime groups is 1. The highest BCUT2D eigenvalue weighted by Crippen LogP contribution is 2.21. The summed E-state index contributed by atoms with van der Waals surface area (Å²) in [7, 11) is 1.42. The van der Waals surface area contributed by atoms with Gasteiger partial charge < -0.3 is 9.94 Å². The van der Waals surface area contributed by atoms with Gasteiger partial charge in [0.25, 0.3) is 0 Å². The molecule has 0 aliphatic heterocycles. The van der Waals surface area contributed by atoms with E-state index < -0.39 is 18.3 Å². The van der Waals surface area contributed by atoms with Crippen molar-refractivity contribution in [2.24, 2.45) is 5.16 Å². The molecule has 6 heteroatoms. The second kappa shape index (κ2) is 4.87. The second-order valence-corrected chi connectivity index (χ2v) is 3.07. The van der Waals surface area contributed by atoms with Crippen LogP contribution in [0.5, 0.6) is 5.75 Å². The van der Waals surface area contributed by atoms with Crippen LogP contribution in [0.4, 0.5) is 13.2 Å². The Labute approximate surface area is 90.1 Å². The van der Waals surface area contributed by atoms with Gasteiger partial charge in [-0.05, 0) is 17.7 Å². The summed E-state index contributed by atoms with van der Waals surface area (Å²) >= 11 is 0. The first-order valence-electron chi connectivity index (χ1n) is 4.38. The van der Waals surface area contributed by atoms with Gasteiger partial charge in [0.15, 0.2) is 5.71 Å². The van der Waals surface area contributed by atoms with Crippen molar-refractivity contribution in [3.8, 4) is 5.75 Å². The summed E-state index contributed by atoms with van der Waals surface area (Å²) < 4.78 is 41.7. The van der Waals surface area contributed by atoms with Gasteiger partial charge in [-0.1, -0.05) is 17.3 Å². The zero-order chi connectivity index (χ0) is 12.2. The fourth-order valence-electron chi connectivity index (χ4n) is 1.17. The predicted molar refractivity (Wildman–Crippen MR) is 52.0 cm³/mol. The summed E-state index contributed by atoms with van der Waals surface area (Å²) in [6, 6.07) is 6.14. The number of methoxy groups -OCH3 is 1. The van der Waals surface area contributed by atoms with Gasteiger partial charge >= 0.3 is 6.18 Å². The van der Waals surface area contributed by atoms with Gasteiger partial charge in [0, 0.05) is 6.42 Å². The summed E-state index contributed by atoms with van der Waals surface area (Å²) in [5, 5.41) is 10.5. The smallest absolute Gasteiger partial charge is 0.433 e. The highest BCUT2D eigenvalue weighted by atomic mass is 19.4. The van der Waals surface area contributed by atoms with E-state index in [1.165, 1.54) is 19.2 Å². The number of hydrogen-bond donors (Lipinski definition) is 1. The quantitative estimate of drug-likeness (QED) is 0.495. The van der Waals surface area contributed by atoms with E-state index in [4.69, 9.17) is 9.94 Å². The summed E-state index contributed by atoms with van der Waals surface area (Å²) in [6.07, 6.45) is -5.12. The van der Waals surface area contributed by atoms with Crippen LogP contribution in [0.2, 0.25) is 0 Å². The topological polar surface area (TPSA) is 41.8 Å². The van der Waals surface area contributed by atoms with Gasteiger partial charge in [0.1, 0.15) is 5.75 Å². The van der Waals surface area contributed by atoms with E-state index in [0.717, 1.165) is 0 Å². The van der Waals surface area contributed by atoms with Gasteiger partial charge in [-0.3, -0.25) is 0 Å². The lowest BCUT2D eigenvalue weighted by atomic mass is 10.1. The molecule has 0 amide bonds. The molecule has 1 aromatic rings. The van der Waals surface area contributed by atoms with E-state index in [1.807, 2.05) is 0 Å². The molecular formula is C10H10F3NO2. The van der Waals surface area contributed by atoms with Crippen LogP contribution in [-0.2, 0) is 6.42 Å². The Morgan fingerprint density at radius 2 is 2.12 bits per heavy atom. The monoisotopic (exact) mass is 233 g/mol. The van der Waals surface area contributed by atoms with Gasteiger partial charge in [0.05, 0.1) is 7.11 Å². The Morgan fingerprint density at radius 1 is 1.44 bits per heavy atom. The Balaban J connectivity index is 2.87. The number of nitrogens with zero attached hydrogens (tertiary/aromatic N) is 1. The summed E-state index contributed by atoms with van der Waals surface area (Å²) in [5.74, 6) is 0.456. The van der Waals surface area contributed by atoms with Crippen LogP contribution in [0.15, 0.2) is 29.4 Å². The fraction of sp³-hybridized carbons (Fsp3) is 0.300. The molecule has 0 unspecified atom stereocenters. The minimum absolute atomic E-state index is 0.365. The van der Waals surface area contributed by atoms with Crippen molar-refractivity contribution in [1.29, 1.82) is 0 Å². The highest BCUT2D eigenvalue weighted by molar-refractivity contribution is 5.91. The number of rotatable bonds is 3. The fourth-order valence-corrected chi connectivity index (χ4v) is 1.17. The van der Waals surface area contributed by atoms with Crippen LogP contribution in [0.25, 0.3) is 0 Å². The first kappa shape index (κ1) is 12.4. The molecule has 0 saturated carbocycles. The van der Waals surface area contributed by atoms with Gasteiger partial charge in [-0.2, -0.15) is 13.2 Å². The van der Waals surface area contributed by atoms with E-state index in [9.17, 15) is 13.2 Å². The standard InChI is InChI=1S/C10H10F3NO2/c1-16-8-4-2-3-7(5-8)6-9(14-15)10(11,12)13/h2-5,15H,6H2,1H3. The third-order valence-electron chi connectivity index (χ3n) is 1.95. The van der Waals surface area contributed by atoms with E-state index in [-0.39, 0.29) is 0 Å². The molecule has 3 nitrogen and oxygen atoms in total. The molecule has 1 N–H and O–H groups in total. The molecule has 88 valence electrons. The summed E-state index contributed by atoms with van der Waals surface area (Å²) in [6.45, 7) is 0. The van der Waals surface area contributed by atoms with E-state index >= 15 is 0 Å². The maximum Gasteiger partial charge on any atom is 0.433 e. The van der Waals surface area contributed by atoms with Crippen LogP contribution in [0, 0.1) is 0 Å². The van der Waals surface area contributed by atoms with Crippen LogP contribution < -0.4 is 4.74 Å². The maximum atomic E-state index is 12.3. The molecule has 1 aromatic carbocycles. The highest BCUT2D eigenvalue weighted by Gasteiger charge is 2.36. The van der Waals surface area contributed by atoms with Crippen molar-refractivity contribution in [3.05, 3.63) is 29.8 Å². The van der Waals surface area contributed by atoms with Crippen molar-refractivity contribution in [1.82, 2.24) is 0 Å².